The molecule has 98 valence electrons. The van der Waals surface area contributed by atoms with Crippen molar-refractivity contribution < 1.29 is 4.21 Å². The predicted octanol–water partition coefficient (Wildman–Crippen LogP) is 3.22. The van der Waals surface area contributed by atoms with E-state index in [4.69, 9.17) is 5.73 Å². The van der Waals surface area contributed by atoms with Crippen molar-refractivity contribution in [2.75, 3.05) is 12.3 Å². The molecule has 0 rings (SSSR count). The second-order valence-electron chi connectivity index (χ2n) is 4.59. The van der Waals surface area contributed by atoms with E-state index >= 15 is 0 Å². The van der Waals surface area contributed by atoms with Crippen molar-refractivity contribution in [1.29, 1.82) is 0 Å². The first-order valence-corrected chi connectivity index (χ1v) is 8.17. The van der Waals surface area contributed by atoms with Crippen LogP contribution >= 0.6 is 0 Å². The van der Waals surface area contributed by atoms with Crippen LogP contribution in [-0.4, -0.2) is 21.8 Å². The highest BCUT2D eigenvalue weighted by molar-refractivity contribution is 7.85. The highest BCUT2D eigenvalue weighted by atomic mass is 32.2. The number of nitrogens with two attached hydrogens (primary N) is 1. The molecule has 0 aliphatic rings. The fourth-order valence-corrected chi connectivity index (χ4v) is 3.06. The summed E-state index contributed by atoms with van der Waals surface area (Å²) in [4.78, 5) is 0. The van der Waals surface area contributed by atoms with E-state index in [1.54, 1.807) is 0 Å². The van der Waals surface area contributed by atoms with Crippen LogP contribution in [0.3, 0.4) is 0 Å². The highest BCUT2D eigenvalue weighted by Gasteiger charge is 2.08. The van der Waals surface area contributed by atoms with E-state index in [2.05, 4.69) is 6.92 Å². The summed E-state index contributed by atoms with van der Waals surface area (Å²) in [5.74, 6) is 0.870. The molecular weight excluding hydrogens is 218 g/mol. The van der Waals surface area contributed by atoms with Crippen LogP contribution in [0.1, 0.15) is 65.2 Å². The Morgan fingerprint density at radius 2 is 1.62 bits per heavy atom. The molecule has 0 aromatic carbocycles. The molecule has 0 bridgehead atoms. The van der Waals surface area contributed by atoms with E-state index in [9.17, 15) is 4.21 Å². The van der Waals surface area contributed by atoms with E-state index < -0.39 is 10.8 Å². The smallest absolute Gasteiger partial charge is 0.0331 e. The molecule has 0 saturated carbocycles. The van der Waals surface area contributed by atoms with Crippen LogP contribution in [-0.2, 0) is 10.8 Å². The van der Waals surface area contributed by atoms with Crippen molar-refractivity contribution in [3.8, 4) is 0 Å². The van der Waals surface area contributed by atoms with Crippen LogP contribution in [0.2, 0.25) is 0 Å². The zero-order valence-electron chi connectivity index (χ0n) is 11.0. The second-order valence-corrected chi connectivity index (χ2v) is 6.57. The second kappa shape index (κ2) is 11.6. The molecule has 2 nitrogen and oxygen atoms in total. The molecule has 0 aliphatic heterocycles. The summed E-state index contributed by atoms with van der Waals surface area (Å²) < 4.78 is 11.7. The lowest BCUT2D eigenvalue weighted by molar-refractivity contribution is 0.599. The summed E-state index contributed by atoms with van der Waals surface area (Å²) in [7, 11) is -0.653. The van der Waals surface area contributed by atoms with Gasteiger partial charge in [0.2, 0.25) is 0 Å². The molecule has 2 N–H and O–H groups in total. The maximum Gasteiger partial charge on any atom is 0.0331 e. The first-order chi connectivity index (χ1) is 7.72. The maximum atomic E-state index is 11.7. The topological polar surface area (TPSA) is 43.1 Å². The summed E-state index contributed by atoms with van der Waals surface area (Å²) in [5, 5.41) is 0.282. The molecule has 2 unspecified atom stereocenters. The van der Waals surface area contributed by atoms with Gasteiger partial charge in [-0.3, -0.25) is 4.21 Å². The Balaban J connectivity index is 3.27. The van der Waals surface area contributed by atoms with Crippen LogP contribution in [0.5, 0.6) is 0 Å². The Morgan fingerprint density at radius 1 is 1.06 bits per heavy atom. The minimum Gasteiger partial charge on any atom is -0.330 e. The lowest BCUT2D eigenvalue weighted by Crippen LogP contribution is -2.18. The summed E-state index contributed by atoms with van der Waals surface area (Å²) in [6.45, 7) is 4.94. The number of hydrogen-bond donors (Lipinski definition) is 1. The summed E-state index contributed by atoms with van der Waals surface area (Å²) in [6.07, 6.45) is 9.94. The van der Waals surface area contributed by atoms with E-state index in [0.29, 0.717) is 6.54 Å². The summed E-state index contributed by atoms with van der Waals surface area (Å²) >= 11 is 0. The third-order valence-electron chi connectivity index (χ3n) is 2.97. The Labute approximate surface area is 104 Å². The highest BCUT2D eigenvalue weighted by Crippen LogP contribution is 2.09. The van der Waals surface area contributed by atoms with Crippen LogP contribution in [0.25, 0.3) is 0 Å². The van der Waals surface area contributed by atoms with Crippen molar-refractivity contribution in [2.24, 2.45) is 5.73 Å². The Bertz CT molecular complexity index is 173. The molecule has 0 saturated heterocycles. The van der Waals surface area contributed by atoms with Gasteiger partial charge in [-0.1, -0.05) is 52.4 Å². The number of rotatable bonds is 11. The Hall–Kier alpha value is 0.110. The normalized spacial score (nSPS) is 14.9. The lowest BCUT2D eigenvalue weighted by Gasteiger charge is -2.09. The van der Waals surface area contributed by atoms with Gasteiger partial charge in [0.15, 0.2) is 0 Å². The standard InChI is InChI=1S/C13H29NOS/c1-3-4-5-6-7-8-9-12-16(15)13(2)10-11-14/h13H,3-12,14H2,1-2H3. The van der Waals surface area contributed by atoms with Gasteiger partial charge in [-0.25, -0.2) is 0 Å². The third-order valence-corrected chi connectivity index (χ3v) is 4.80. The predicted molar refractivity (Wildman–Crippen MR) is 74.1 cm³/mol. The van der Waals surface area contributed by atoms with Crippen LogP contribution < -0.4 is 5.73 Å². The van der Waals surface area contributed by atoms with Crippen molar-refractivity contribution in [2.45, 2.75) is 70.5 Å². The molecule has 0 fully saturated rings. The Kier molecular flexibility index (Phi) is 11.7. The van der Waals surface area contributed by atoms with Gasteiger partial charge in [-0.15, -0.1) is 0 Å². The molecule has 0 heterocycles. The number of hydrogen-bond acceptors (Lipinski definition) is 2. The first kappa shape index (κ1) is 16.1. The first-order valence-electron chi connectivity index (χ1n) is 6.79. The van der Waals surface area contributed by atoms with E-state index in [-0.39, 0.29) is 5.25 Å². The molecule has 0 aromatic rings. The van der Waals surface area contributed by atoms with E-state index in [1.165, 1.54) is 38.5 Å². The summed E-state index contributed by atoms with van der Waals surface area (Å²) in [6, 6.07) is 0. The molecule has 0 radical (unpaired) electrons. The minimum absolute atomic E-state index is 0.282. The fourth-order valence-electron chi connectivity index (χ4n) is 1.77. The molecule has 0 aliphatic carbocycles. The molecule has 0 spiro atoms. The van der Waals surface area contributed by atoms with Gasteiger partial charge in [0.25, 0.3) is 0 Å². The van der Waals surface area contributed by atoms with Crippen LogP contribution in [0.15, 0.2) is 0 Å². The van der Waals surface area contributed by atoms with Gasteiger partial charge in [0.1, 0.15) is 0 Å². The SMILES string of the molecule is CCCCCCCCCS(=O)C(C)CCN. The quantitative estimate of drug-likeness (QED) is 0.570. The average Bonchev–Trinajstić information content (AvgIpc) is 2.28. The van der Waals surface area contributed by atoms with Gasteiger partial charge >= 0.3 is 0 Å². The molecular formula is C13H29NOS. The van der Waals surface area contributed by atoms with E-state index in [0.717, 1.165) is 18.6 Å². The van der Waals surface area contributed by atoms with Crippen molar-refractivity contribution in [1.82, 2.24) is 0 Å². The van der Waals surface area contributed by atoms with Crippen molar-refractivity contribution >= 4 is 10.8 Å². The molecule has 0 aromatic heterocycles. The third kappa shape index (κ3) is 9.34. The van der Waals surface area contributed by atoms with Gasteiger partial charge in [0.05, 0.1) is 0 Å². The van der Waals surface area contributed by atoms with Gasteiger partial charge < -0.3 is 5.73 Å². The fraction of sp³-hybridized carbons (Fsp3) is 1.00. The summed E-state index contributed by atoms with van der Waals surface area (Å²) in [5.41, 5.74) is 5.46. The zero-order chi connectivity index (χ0) is 12.2. The van der Waals surface area contributed by atoms with Crippen molar-refractivity contribution in [3.63, 3.8) is 0 Å². The molecule has 16 heavy (non-hydrogen) atoms. The minimum atomic E-state index is -0.653. The molecule has 2 atom stereocenters. The van der Waals surface area contributed by atoms with Crippen molar-refractivity contribution in [3.05, 3.63) is 0 Å². The van der Waals surface area contributed by atoms with Gasteiger partial charge in [-0.05, 0) is 19.4 Å². The maximum absolute atomic E-state index is 11.7. The van der Waals surface area contributed by atoms with Crippen LogP contribution in [0.4, 0.5) is 0 Å². The van der Waals surface area contributed by atoms with Gasteiger partial charge in [-0.2, -0.15) is 0 Å². The Morgan fingerprint density at radius 3 is 2.19 bits per heavy atom. The average molecular weight is 247 g/mol. The van der Waals surface area contributed by atoms with Crippen LogP contribution in [0, 0.1) is 0 Å². The largest absolute Gasteiger partial charge is 0.330 e. The lowest BCUT2D eigenvalue weighted by atomic mass is 10.1. The zero-order valence-corrected chi connectivity index (χ0v) is 11.9. The van der Waals surface area contributed by atoms with E-state index in [1.807, 2.05) is 6.92 Å². The monoisotopic (exact) mass is 247 g/mol. The number of unbranched alkanes of at least 4 members (excludes halogenated alkanes) is 6. The molecule has 0 amide bonds. The molecule has 3 heteroatoms. The van der Waals surface area contributed by atoms with Gasteiger partial charge in [0, 0.05) is 21.8 Å².